The van der Waals surface area contributed by atoms with E-state index in [2.05, 4.69) is 12.2 Å². The van der Waals surface area contributed by atoms with Gasteiger partial charge in [0.25, 0.3) is 5.69 Å². The van der Waals surface area contributed by atoms with Crippen LogP contribution in [0.25, 0.3) is 0 Å². The monoisotopic (exact) mass is 209 g/mol. The maximum Gasteiger partial charge on any atom is 0.273 e. The molecule has 5 nitrogen and oxygen atoms in total. The Bertz CT molecular complexity index is 353. The number of benzene rings is 1. The molecule has 0 amide bonds. The van der Waals surface area contributed by atoms with Crippen molar-refractivity contribution in [2.75, 3.05) is 17.6 Å². The maximum atomic E-state index is 10.6. The lowest BCUT2D eigenvalue weighted by Gasteiger charge is -2.06. The number of hydrogen-bond donors (Lipinski definition) is 2. The molecular weight excluding hydrogens is 194 g/mol. The van der Waals surface area contributed by atoms with Crippen LogP contribution in [-0.4, -0.2) is 11.5 Å². The average molecular weight is 209 g/mol. The topological polar surface area (TPSA) is 81.2 Å². The van der Waals surface area contributed by atoms with Crippen molar-refractivity contribution in [1.29, 1.82) is 0 Å². The van der Waals surface area contributed by atoms with Crippen molar-refractivity contribution >= 4 is 17.1 Å². The molecule has 82 valence electrons. The highest BCUT2D eigenvalue weighted by atomic mass is 16.6. The van der Waals surface area contributed by atoms with Crippen LogP contribution in [0.3, 0.4) is 0 Å². The van der Waals surface area contributed by atoms with Crippen LogP contribution in [0.1, 0.15) is 19.8 Å². The van der Waals surface area contributed by atoms with E-state index in [9.17, 15) is 10.1 Å². The molecule has 0 saturated carbocycles. The largest absolute Gasteiger partial charge is 0.398 e. The van der Waals surface area contributed by atoms with E-state index in [1.165, 1.54) is 12.1 Å². The highest BCUT2D eigenvalue weighted by Crippen LogP contribution is 2.22. The molecule has 0 saturated heterocycles. The summed E-state index contributed by atoms with van der Waals surface area (Å²) in [4.78, 5) is 10.1. The molecule has 1 aromatic rings. The van der Waals surface area contributed by atoms with Crippen LogP contribution < -0.4 is 11.1 Å². The molecule has 0 bridgehead atoms. The first kappa shape index (κ1) is 11.3. The van der Waals surface area contributed by atoms with Gasteiger partial charge in [-0.1, -0.05) is 13.3 Å². The zero-order chi connectivity index (χ0) is 11.3. The molecule has 1 aromatic carbocycles. The fraction of sp³-hybridized carbons (Fsp3) is 0.400. The second kappa shape index (κ2) is 5.19. The summed E-state index contributed by atoms with van der Waals surface area (Å²) < 4.78 is 0. The zero-order valence-corrected chi connectivity index (χ0v) is 8.69. The van der Waals surface area contributed by atoms with Gasteiger partial charge in [-0.2, -0.15) is 0 Å². The van der Waals surface area contributed by atoms with Crippen molar-refractivity contribution in [2.24, 2.45) is 0 Å². The van der Waals surface area contributed by atoms with Crippen LogP contribution in [-0.2, 0) is 0 Å². The van der Waals surface area contributed by atoms with Crippen LogP contribution in [0.4, 0.5) is 17.1 Å². The number of rotatable bonds is 5. The molecular formula is C10H15N3O2. The second-order valence-corrected chi connectivity index (χ2v) is 3.35. The van der Waals surface area contributed by atoms with E-state index in [1.54, 1.807) is 6.07 Å². The van der Waals surface area contributed by atoms with Crippen LogP contribution in [0.5, 0.6) is 0 Å². The van der Waals surface area contributed by atoms with Crippen LogP contribution >= 0.6 is 0 Å². The van der Waals surface area contributed by atoms with E-state index >= 15 is 0 Å². The Morgan fingerprint density at radius 1 is 1.47 bits per heavy atom. The van der Waals surface area contributed by atoms with E-state index in [1.807, 2.05) is 0 Å². The minimum absolute atomic E-state index is 0.0222. The Balaban J connectivity index is 2.75. The van der Waals surface area contributed by atoms with Crippen molar-refractivity contribution < 1.29 is 4.92 Å². The predicted molar refractivity (Wildman–Crippen MR) is 60.9 cm³/mol. The molecule has 0 atom stereocenters. The van der Waals surface area contributed by atoms with Gasteiger partial charge in [0.05, 0.1) is 4.92 Å². The summed E-state index contributed by atoms with van der Waals surface area (Å²) in [6.45, 7) is 2.89. The number of anilines is 2. The number of nitrogens with one attached hydrogen (secondary N) is 1. The lowest BCUT2D eigenvalue weighted by Crippen LogP contribution is -2.02. The van der Waals surface area contributed by atoms with E-state index < -0.39 is 4.92 Å². The average Bonchev–Trinajstić information content (AvgIpc) is 2.17. The van der Waals surface area contributed by atoms with E-state index in [0.717, 1.165) is 19.4 Å². The Kier molecular flexibility index (Phi) is 3.91. The highest BCUT2D eigenvalue weighted by Gasteiger charge is 2.07. The van der Waals surface area contributed by atoms with Crippen molar-refractivity contribution in [2.45, 2.75) is 19.8 Å². The summed E-state index contributed by atoms with van der Waals surface area (Å²) in [7, 11) is 0. The van der Waals surface area contributed by atoms with Crippen LogP contribution in [0, 0.1) is 10.1 Å². The molecule has 0 unspecified atom stereocenters. The molecule has 0 fully saturated rings. The van der Waals surface area contributed by atoms with Gasteiger partial charge in [-0.3, -0.25) is 10.1 Å². The van der Waals surface area contributed by atoms with Crippen molar-refractivity contribution in [3.05, 3.63) is 28.3 Å². The third kappa shape index (κ3) is 3.46. The second-order valence-electron chi connectivity index (χ2n) is 3.35. The first-order valence-electron chi connectivity index (χ1n) is 4.92. The Labute approximate surface area is 88.4 Å². The normalized spacial score (nSPS) is 9.93. The molecule has 0 radical (unpaired) electrons. The molecule has 0 spiro atoms. The minimum atomic E-state index is -0.443. The maximum absolute atomic E-state index is 10.6. The van der Waals surface area contributed by atoms with Crippen LogP contribution in [0.15, 0.2) is 18.2 Å². The van der Waals surface area contributed by atoms with Gasteiger partial charge in [0, 0.05) is 30.1 Å². The van der Waals surface area contributed by atoms with Gasteiger partial charge in [-0.05, 0) is 12.5 Å². The minimum Gasteiger partial charge on any atom is -0.398 e. The molecule has 1 rings (SSSR count). The van der Waals surface area contributed by atoms with Gasteiger partial charge >= 0.3 is 0 Å². The summed E-state index contributed by atoms with van der Waals surface area (Å²) >= 11 is 0. The number of nitro benzene ring substituents is 1. The molecule has 0 aliphatic carbocycles. The number of unbranched alkanes of at least 4 members (excludes halogenated alkanes) is 1. The quantitative estimate of drug-likeness (QED) is 0.337. The fourth-order valence-electron chi connectivity index (χ4n) is 1.25. The molecule has 0 aromatic heterocycles. The molecule has 3 N–H and O–H groups in total. The standard InChI is InChI=1S/C10H15N3O2/c1-2-3-4-12-9-5-8(11)6-10(7-9)13(14)15/h5-7,12H,2-4,11H2,1H3. The lowest BCUT2D eigenvalue weighted by molar-refractivity contribution is -0.384. The Morgan fingerprint density at radius 3 is 2.80 bits per heavy atom. The van der Waals surface area contributed by atoms with Crippen molar-refractivity contribution in [3.8, 4) is 0 Å². The van der Waals surface area contributed by atoms with Crippen molar-refractivity contribution in [3.63, 3.8) is 0 Å². The third-order valence-electron chi connectivity index (χ3n) is 2.01. The summed E-state index contributed by atoms with van der Waals surface area (Å²) in [5.41, 5.74) is 6.69. The fourth-order valence-corrected chi connectivity index (χ4v) is 1.25. The first-order chi connectivity index (χ1) is 7.13. The summed E-state index contributed by atoms with van der Waals surface area (Å²) in [6, 6.07) is 4.54. The first-order valence-corrected chi connectivity index (χ1v) is 4.92. The van der Waals surface area contributed by atoms with Crippen LogP contribution in [0.2, 0.25) is 0 Å². The third-order valence-corrected chi connectivity index (χ3v) is 2.01. The Morgan fingerprint density at radius 2 is 2.20 bits per heavy atom. The van der Waals surface area contributed by atoms with Gasteiger partial charge in [0.2, 0.25) is 0 Å². The lowest BCUT2D eigenvalue weighted by atomic mass is 10.2. The van der Waals surface area contributed by atoms with E-state index in [-0.39, 0.29) is 5.69 Å². The summed E-state index contributed by atoms with van der Waals surface area (Å²) in [5.74, 6) is 0. The molecule has 15 heavy (non-hydrogen) atoms. The summed E-state index contributed by atoms with van der Waals surface area (Å²) in [6.07, 6.45) is 2.11. The number of nitrogens with zero attached hydrogens (tertiary/aromatic N) is 1. The Hall–Kier alpha value is -1.78. The van der Waals surface area contributed by atoms with Gasteiger partial charge in [0.1, 0.15) is 0 Å². The SMILES string of the molecule is CCCCNc1cc(N)cc([N+](=O)[O-])c1. The molecule has 0 aliphatic rings. The number of non-ortho nitro benzene ring substituents is 1. The highest BCUT2D eigenvalue weighted by molar-refractivity contribution is 5.61. The summed E-state index contributed by atoms with van der Waals surface area (Å²) in [5, 5.41) is 13.7. The zero-order valence-electron chi connectivity index (χ0n) is 8.69. The number of nitro groups is 1. The van der Waals surface area contributed by atoms with Gasteiger partial charge in [0.15, 0.2) is 0 Å². The van der Waals surface area contributed by atoms with Gasteiger partial charge in [-0.15, -0.1) is 0 Å². The molecule has 0 aliphatic heterocycles. The van der Waals surface area contributed by atoms with E-state index in [4.69, 9.17) is 5.73 Å². The number of nitrogen functional groups attached to an aromatic ring is 1. The molecule has 5 heteroatoms. The molecule has 0 heterocycles. The predicted octanol–water partition coefficient (Wildman–Crippen LogP) is 2.39. The van der Waals surface area contributed by atoms with Gasteiger partial charge in [-0.25, -0.2) is 0 Å². The van der Waals surface area contributed by atoms with E-state index in [0.29, 0.717) is 11.4 Å². The number of nitrogens with two attached hydrogens (primary N) is 1. The van der Waals surface area contributed by atoms with Crippen molar-refractivity contribution in [1.82, 2.24) is 0 Å². The smallest absolute Gasteiger partial charge is 0.273 e. The number of hydrogen-bond acceptors (Lipinski definition) is 4. The van der Waals surface area contributed by atoms with Gasteiger partial charge < -0.3 is 11.1 Å².